The number of hydrogen-bond acceptors (Lipinski definition) is 4. The van der Waals surface area contributed by atoms with Gasteiger partial charge in [0.15, 0.2) is 5.54 Å². The van der Waals surface area contributed by atoms with E-state index in [0.717, 1.165) is 29.7 Å². The topological polar surface area (TPSA) is 47.6 Å². The molecule has 1 N–H and O–H groups in total. The van der Waals surface area contributed by atoms with Crippen LogP contribution in [0.15, 0.2) is 18.2 Å². The van der Waals surface area contributed by atoms with Gasteiger partial charge in [0.2, 0.25) is 0 Å². The van der Waals surface area contributed by atoms with Crippen molar-refractivity contribution in [1.82, 2.24) is 5.32 Å². The third-order valence-electron chi connectivity index (χ3n) is 4.12. The van der Waals surface area contributed by atoms with Crippen molar-refractivity contribution < 1.29 is 14.3 Å². The number of ether oxygens (including phenoxy) is 2. The van der Waals surface area contributed by atoms with Crippen LogP contribution in [0.25, 0.3) is 0 Å². The highest BCUT2D eigenvalue weighted by Crippen LogP contribution is 2.41. The summed E-state index contributed by atoms with van der Waals surface area (Å²) in [6.07, 6.45) is 2.08. The lowest BCUT2D eigenvalue weighted by molar-refractivity contribution is -0.151. The first-order valence-corrected chi connectivity index (χ1v) is 7.57. The van der Waals surface area contributed by atoms with Crippen LogP contribution in [0.1, 0.15) is 30.9 Å². The molecule has 0 aromatic heterocycles. The summed E-state index contributed by atoms with van der Waals surface area (Å²) < 4.78 is 11.0. The van der Waals surface area contributed by atoms with Gasteiger partial charge in [0.1, 0.15) is 12.4 Å². The van der Waals surface area contributed by atoms with Crippen molar-refractivity contribution in [2.45, 2.75) is 39.2 Å². The van der Waals surface area contributed by atoms with Gasteiger partial charge in [-0.25, -0.2) is 4.79 Å². The molecule has 1 fully saturated rings. The minimum Gasteiger partial charge on any atom is -0.491 e. The average molecular weight is 291 g/mol. The van der Waals surface area contributed by atoms with Crippen LogP contribution in [0, 0.1) is 19.8 Å². The van der Waals surface area contributed by atoms with Crippen molar-refractivity contribution in [2.24, 2.45) is 5.92 Å². The number of hydrogen-bond donors (Lipinski definition) is 1. The average Bonchev–Trinajstić information content (AvgIpc) is 3.31. The fourth-order valence-corrected chi connectivity index (χ4v) is 2.74. The van der Waals surface area contributed by atoms with Crippen LogP contribution in [-0.4, -0.2) is 31.8 Å². The molecule has 0 radical (unpaired) electrons. The molecule has 2 rings (SSSR count). The molecule has 0 bridgehead atoms. The molecule has 1 aliphatic carbocycles. The number of nitrogens with one attached hydrogen (secondary N) is 1. The van der Waals surface area contributed by atoms with Crippen molar-refractivity contribution in [3.63, 3.8) is 0 Å². The van der Waals surface area contributed by atoms with E-state index < -0.39 is 5.54 Å². The molecule has 1 aliphatic rings. The van der Waals surface area contributed by atoms with Crippen LogP contribution in [-0.2, 0) is 9.53 Å². The van der Waals surface area contributed by atoms with Gasteiger partial charge in [-0.2, -0.15) is 0 Å². The largest absolute Gasteiger partial charge is 0.491 e. The summed E-state index contributed by atoms with van der Waals surface area (Å²) in [6.45, 7) is 7.06. The summed E-state index contributed by atoms with van der Waals surface area (Å²) in [6, 6.07) is 6.10. The number of aryl methyl sites for hydroxylation is 2. The molecular weight excluding hydrogens is 266 g/mol. The summed E-state index contributed by atoms with van der Waals surface area (Å²) in [4.78, 5) is 12.3. The van der Waals surface area contributed by atoms with Gasteiger partial charge in [0.25, 0.3) is 0 Å². The van der Waals surface area contributed by atoms with E-state index in [4.69, 9.17) is 9.47 Å². The lowest BCUT2D eigenvalue weighted by Gasteiger charge is -2.32. The molecule has 21 heavy (non-hydrogen) atoms. The molecule has 0 saturated heterocycles. The van der Waals surface area contributed by atoms with Crippen molar-refractivity contribution in [3.8, 4) is 5.75 Å². The molecule has 0 amide bonds. The van der Waals surface area contributed by atoms with Gasteiger partial charge in [0.05, 0.1) is 7.11 Å². The summed E-state index contributed by atoms with van der Waals surface area (Å²) in [7, 11) is 1.44. The molecule has 116 valence electrons. The molecule has 1 unspecified atom stereocenters. The zero-order chi connectivity index (χ0) is 15.5. The van der Waals surface area contributed by atoms with E-state index in [1.165, 1.54) is 7.11 Å². The maximum atomic E-state index is 12.3. The van der Waals surface area contributed by atoms with Gasteiger partial charge in [-0.1, -0.05) is 19.1 Å². The first-order valence-electron chi connectivity index (χ1n) is 7.57. The smallest absolute Gasteiger partial charge is 0.329 e. The maximum absolute atomic E-state index is 12.3. The lowest BCUT2D eigenvalue weighted by Crippen LogP contribution is -2.58. The number of rotatable bonds is 7. The van der Waals surface area contributed by atoms with E-state index in [2.05, 4.69) is 11.4 Å². The minimum atomic E-state index is -0.723. The molecule has 1 aromatic rings. The number of carbonyl (C=O) groups is 1. The Morgan fingerprint density at radius 1 is 1.38 bits per heavy atom. The molecule has 0 spiro atoms. The van der Waals surface area contributed by atoms with Gasteiger partial charge in [0, 0.05) is 0 Å². The molecular formula is C17H25NO3. The van der Waals surface area contributed by atoms with Crippen LogP contribution >= 0.6 is 0 Å². The predicted molar refractivity (Wildman–Crippen MR) is 82.6 cm³/mol. The van der Waals surface area contributed by atoms with Crippen molar-refractivity contribution in [1.29, 1.82) is 0 Å². The van der Waals surface area contributed by atoms with Crippen LogP contribution in [0.4, 0.5) is 0 Å². The molecule has 1 aromatic carbocycles. The van der Waals surface area contributed by atoms with E-state index in [0.29, 0.717) is 19.1 Å². The Balaban J connectivity index is 2.18. The molecule has 4 nitrogen and oxygen atoms in total. The number of carbonyl (C=O) groups excluding carboxylic acids is 1. The van der Waals surface area contributed by atoms with Gasteiger partial charge in [-0.05, 0) is 56.3 Å². The highest BCUT2D eigenvalue weighted by molar-refractivity contribution is 5.82. The van der Waals surface area contributed by atoms with Gasteiger partial charge >= 0.3 is 5.97 Å². The zero-order valence-corrected chi connectivity index (χ0v) is 13.4. The van der Waals surface area contributed by atoms with Crippen LogP contribution in [0.2, 0.25) is 0 Å². The Morgan fingerprint density at radius 3 is 2.67 bits per heavy atom. The summed E-state index contributed by atoms with van der Waals surface area (Å²) >= 11 is 0. The van der Waals surface area contributed by atoms with Gasteiger partial charge in [-0.15, -0.1) is 0 Å². The van der Waals surface area contributed by atoms with E-state index >= 15 is 0 Å². The Bertz CT molecular complexity index is 511. The Morgan fingerprint density at radius 2 is 2.10 bits per heavy atom. The van der Waals surface area contributed by atoms with Gasteiger partial charge < -0.3 is 9.47 Å². The van der Waals surface area contributed by atoms with Crippen molar-refractivity contribution in [3.05, 3.63) is 29.3 Å². The molecule has 0 aliphatic heterocycles. The maximum Gasteiger partial charge on any atom is 0.329 e. The van der Waals surface area contributed by atoms with Gasteiger partial charge in [-0.3, -0.25) is 5.32 Å². The molecule has 1 atom stereocenters. The van der Waals surface area contributed by atoms with Crippen LogP contribution in [0.5, 0.6) is 5.75 Å². The fraction of sp³-hybridized carbons (Fsp3) is 0.588. The third kappa shape index (κ3) is 3.38. The van der Waals surface area contributed by atoms with Crippen LogP contribution < -0.4 is 10.1 Å². The normalized spacial score (nSPS) is 17.1. The Kier molecular flexibility index (Phi) is 4.88. The second kappa shape index (κ2) is 6.48. The standard InChI is InChI=1S/C17H25NO3/c1-5-18-17(14-8-9-14,16(19)20-4)11-21-15-10-12(2)6-7-13(15)3/h6-7,10,14,18H,5,8-9,11H2,1-4H3. The molecule has 4 heteroatoms. The summed E-state index contributed by atoms with van der Waals surface area (Å²) in [5.41, 5.74) is 1.50. The monoisotopic (exact) mass is 291 g/mol. The minimum absolute atomic E-state index is 0.225. The SMILES string of the molecule is CCNC(COc1cc(C)ccc1C)(C(=O)OC)C1CC1. The lowest BCUT2D eigenvalue weighted by atomic mass is 9.94. The number of esters is 1. The Labute approximate surface area is 126 Å². The number of likely N-dealkylation sites (N-methyl/N-ethyl adjacent to an activating group) is 1. The predicted octanol–water partition coefficient (Wildman–Crippen LogP) is 2.61. The van der Waals surface area contributed by atoms with E-state index in [1.54, 1.807) is 0 Å². The second-order valence-electron chi connectivity index (χ2n) is 5.83. The first-order chi connectivity index (χ1) is 10.0. The highest BCUT2D eigenvalue weighted by Gasteiger charge is 2.52. The first kappa shape index (κ1) is 15.8. The molecule has 0 heterocycles. The van der Waals surface area contributed by atoms with E-state index in [1.807, 2.05) is 32.9 Å². The fourth-order valence-electron chi connectivity index (χ4n) is 2.74. The second-order valence-corrected chi connectivity index (χ2v) is 5.83. The quantitative estimate of drug-likeness (QED) is 0.785. The number of methoxy groups -OCH3 is 1. The Hall–Kier alpha value is -1.55. The van der Waals surface area contributed by atoms with E-state index in [-0.39, 0.29) is 5.97 Å². The van der Waals surface area contributed by atoms with Crippen LogP contribution in [0.3, 0.4) is 0 Å². The van der Waals surface area contributed by atoms with Crippen molar-refractivity contribution in [2.75, 3.05) is 20.3 Å². The van der Waals surface area contributed by atoms with Crippen molar-refractivity contribution >= 4 is 5.97 Å². The highest BCUT2D eigenvalue weighted by atomic mass is 16.5. The summed E-state index contributed by atoms with van der Waals surface area (Å²) in [5.74, 6) is 0.911. The third-order valence-corrected chi connectivity index (χ3v) is 4.12. The molecule has 1 saturated carbocycles. The number of benzene rings is 1. The zero-order valence-electron chi connectivity index (χ0n) is 13.4. The summed E-state index contributed by atoms with van der Waals surface area (Å²) in [5, 5.41) is 3.31. The van der Waals surface area contributed by atoms with E-state index in [9.17, 15) is 4.79 Å².